The molecule has 0 bridgehead atoms. The molecule has 0 aliphatic heterocycles. The lowest BCUT2D eigenvalue weighted by Crippen LogP contribution is -2.37. The summed E-state index contributed by atoms with van der Waals surface area (Å²) in [4.78, 5) is 71.7. The van der Waals surface area contributed by atoms with Crippen LogP contribution in [0.3, 0.4) is 0 Å². The van der Waals surface area contributed by atoms with Gasteiger partial charge in [-0.05, 0) is 66.0 Å². The Balaban J connectivity index is 0.997. The lowest BCUT2D eigenvalue weighted by molar-refractivity contribution is 0.0931. The predicted octanol–water partition coefficient (Wildman–Crippen LogP) is 1.75. The molecular formula is C32H28N8O6. The van der Waals surface area contributed by atoms with Crippen LogP contribution in [0.15, 0.2) is 61.6 Å². The maximum absolute atomic E-state index is 13.2. The minimum atomic E-state index is -0.666. The number of nitrogens with two attached hydrogens (primary N) is 1. The van der Waals surface area contributed by atoms with Gasteiger partial charge in [-0.2, -0.15) is 0 Å². The summed E-state index contributed by atoms with van der Waals surface area (Å²) in [5.41, 5.74) is 11.3. The molecule has 2 aliphatic rings. The Morgan fingerprint density at radius 1 is 0.957 bits per heavy atom. The Kier molecular flexibility index (Phi) is 7.03. The predicted molar refractivity (Wildman–Crippen MR) is 166 cm³/mol. The van der Waals surface area contributed by atoms with Crippen molar-refractivity contribution >= 4 is 23.2 Å². The Morgan fingerprint density at radius 2 is 1.74 bits per heavy atom. The third kappa shape index (κ3) is 5.02. The molecule has 0 fully saturated rings. The number of rotatable bonds is 8. The van der Waals surface area contributed by atoms with Gasteiger partial charge in [0.25, 0.3) is 22.7 Å². The van der Waals surface area contributed by atoms with Crippen molar-refractivity contribution in [3.05, 3.63) is 118 Å². The van der Waals surface area contributed by atoms with Crippen molar-refractivity contribution in [1.29, 1.82) is 0 Å². The van der Waals surface area contributed by atoms with Crippen molar-refractivity contribution in [3.63, 3.8) is 0 Å². The second-order valence-corrected chi connectivity index (χ2v) is 11.5. The van der Waals surface area contributed by atoms with Gasteiger partial charge in [0.2, 0.25) is 0 Å². The Hall–Kier alpha value is -5.92. The maximum atomic E-state index is 13.2. The lowest BCUT2D eigenvalue weighted by atomic mass is 9.97. The number of nitrogens with one attached hydrogen (secondary N) is 4. The summed E-state index contributed by atoms with van der Waals surface area (Å²) < 4.78 is 4.64. The van der Waals surface area contributed by atoms with Gasteiger partial charge in [-0.15, -0.1) is 0 Å². The van der Waals surface area contributed by atoms with Gasteiger partial charge in [0, 0.05) is 18.2 Å². The summed E-state index contributed by atoms with van der Waals surface area (Å²) in [6, 6.07) is 10.5. The van der Waals surface area contributed by atoms with Crippen LogP contribution in [0.1, 0.15) is 79.3 Å². The average Bonchev–Trinajstić information content (AvgIpc) is 3.80. The van der Waals surface area contributed by atoms with E-state index in [-0.39, 0.29) is 41.4 Å². The Morgan fingerprint density at radius 3 is 2.50 bits per heavy atom. The molecule has 14 nitrogen and oxygen atoms in total. The molecule has 2 aromatic heterocycles. The van der Waals surface area contributed by atoms with Crippen molar-refractivity contribution in [2.75, 3.05) is 11.1 Å². The quantitative estimate of drug-likeness (QED) is 0.158. The first-order valence-corrected chi connectivity index (χ1v) is 14.7. The van der Waals surface area contributed by atoms with Gasteiger partial charge >= 0.3 is 5.76 Å². The topological polar surface area (TPSA) is 215 Å². The van der Waals surface area contributed by atoms with Crippen LogP contribution in [-0.2, 0) is 19.4 Å². The average molecular weight is 621 g/mol. The fraction of sp³-hybridized carbons (Fsp3) is 0.250. The molecule has 14 heteroatoms. The zero-order valence-corrected chi connectivity index (χ0v) is 24.6. The molecule has 0 saturated heterocycles. The zero-order valence-electron chi connectivity index (χ0n) is 24.6. The van der Waals surface area contributed by atoms with Crippen molar-refractivity contribution in [2.24, 2.45) is 0 Å². The van der Waals surface area contributed by atoms with Gasteiger partial charge in [-0.1, -0.05) is 35.5 Å². The lowest BCUT2D eigenvalue weighted by Gasteiger charge is -2.18. The number of H-pyrrole nitrogens is 1. The molecule has 2 heterocycles. The first-order valence-electron chi connectivity index (χ1n) is 14.7. The number of nitrogens with zero attached hydrogens (tertiary/aromatic N) is 3. The molecule has 2 atom stereocenters. The highest BCUT2D eigenvalue weighted by atomic mass is 16.5. The third-order valence-electron chi connectivity index (χ3n) is 8.83. The molecule has 0 saturated carbocycles. The van der Waals surface area contributed by atoms with E-state index < -0.39 is 28.4 Å². The van der Waals surface area contributed by atoms with Crippen LogP contribution in [0.2, 0.25) is 0 Å². The van der Waals surface area contributed by atoms with Gasteiger partial charge in [0.1, 0.15) is 29.1 Å². The summed E-state index contributed by atoms with van der Waals surface area (Å²) in [6.45, 7) is 2.14. The molecule has 0 spiro atoms. The number of aromatic amines is 1. The number of amides is 2. The molecule has 2 amide bonds. The molecule has 2 aliphatic carbocycles. The molecule has 3 aromatic carbocycles. The number of nitrogen functional groups attached to an aromatic ring is 1. The molecule has 0 radical (unpaired) electrons. The Bertz CT molecular complexity index is 2180. The summed E-state index contributed by atoms with van der Waals surface area (Å²) in [5.74, 6) is -1.18. The minimum Gasteiger partial charge on any atom is -0.394 e. The molecule has 5 aromatic rings. The number of aryl methyl sites for hydroxylation is 1. The van der Waals surface area contributed by atoms with E-state index in [1.165, 1.54) is 12.4 Å². The van der Waals surface area contributed by atoms with Gasteiger partial charge in [-0.25, -0.2) is 14.8 Å². The van der Waals surface area contributed by atoms with Crippen molar-refractivity contribution in [1.82, 2.24) is 30.7 Å². The van der Waals surface area contributed by atoms with Crippen LogP contribution in [0.4, 0.5) is 11.4 Å². The SMILES string of the molecule is Cc1c(-c2noc(=O)[nH]2)ccc2c1CC[C@@H]2NC(=O)c1cc(C(=O)NCc2ccc3c(c2)C(Nc2c(N)c(=O)c2=O)CC3)ncn1. The van der Waals surface area contributed by atoms with E-state index in [4.69, 9.17) is 5.73 Å². The first-order chi connectivity index (χ1) is 22.2. The molecule has 46 heavy (non-hydrogen) atoms. The number of aromatic nitrogens is 4. The smallest absolute Gasteiger partial charge is 0.394 e. The standard InChI is InChI=1S/C32H28N8O6/c1-14-17-7-9-21(19(17)6-5-18(14)29-39-32(45)46-40-29)38-31(44)24-11-23(35-13-36-24)30(43)34-12-15-2-3-16-4-8-22(20(16)10-15)37-26-25(33)27(41)28(26)42/h2-3,5-6,10-11,13,21-22,37H,4,7-9,12,33H2,1H3,(H,34,43)(H,38,44)(H,39,40,45)/t21-,22?/m0/s1. The second-order valence-electron chi connectivity index (χ2n) is 11.5. The van der Waals surface area contributed by atoms with Crippen LogP contribution >= 0.6 is 0 Å². The summed E-state index contributed by atoms with van der Waals surface area (Å²) in [6.07, 6.45) is 4.13. The van der Waals surface area contributed by atoms with Crippen LogP contribution in [0.5, 0.6) is 0 Å². The highest BCUT2D eigenvalue weighted by Gasteiger charge is 2.29. The van der Waals surface area contributed by atoms with E-state index >= 15 is 0 Å². The summed E-state index contributed by atoms with van der Waals surface area (Å²) >= 11 is 0. The zero-order chi connectivity index (χ0) is 32.1. The van der Waals surface area contributed by atoms with E-state index in [0.717, 1.165) is 58.2 Å². The third-order valence-corrected chi connectivity index (χ3v) is 8.83. The number of carbonyl (C=O) groups excluding carboxylic acids is 2. The van der Waals surface area contributed by atoms with E-state index in [9.17, 15) is 24.0 Å². The van der Waals surface area contributed by atoms with Crippen LogP contribution < -0.4 is 38.3 Å². The minimum absolute atomic E-state index is 0.0414. The van der Waals surface area contributed by atoms with Crippen molar-refractivity contribution in [2.45, 2.75) is 51.2 Å². The monoisotopic (exact) mass is 620 g/mol. The van der Waals surface area contributed by atoms with Crippen molar-refractivity contribution in [3.8, 4) is 11.4 Å². The second kappa shape index (κ2) is 11.2. The van der Waals surface area contributed by atoms with Crippen molar-refractivity contribution < 1.29 is 14.1 Å². The molecule has 1 unspecified atom stereocenters. The van der Waals surface area contributed by atoms with Gasteiger partial charge in [0.05, 0.1) is 12.1 Å². The van der Waals surface area contributed by atoms with E-state index in [2.05, 4.69) is 40.6 Å². The fourth-order valence-corrected chi connectivity index (χ4v) is 6.38. The molecule has 6 N–H and O–H groups in total. The normalized spacial score (nSPS) is 16.6. The van der Waals surface area contributed by atoms with Crippen LogP contribution in [0, 0.1) is 6.92 Å². The van der Waals surface area contributed by atoms with Gasteiger partial charge in [-0.3, -0.25) is 28.7 Å². The van der Waals surface area contributed by atoms with E-state index in [1.54, 1.807) is 0 Å². The van der Waals surface area contributed by atoms with Crippen LogP contribution in [0.25, 0.3) is 11.4 Å². The highest BCUT2D eigenvalue weighted by molar-refractivity contribution is 5.97. The molecule has 232 valence electrons. The summed E-state index contributed by atoms with van der Waals surface area (Å²) in [5, 5.41) is 12.7. The Labute approximate surface area is 260 Å². The molecular weight excluding hydrogens is 592 g/mol. The number of carbonyl (C=O) groups is 2. The van der Waals surface area contributed by atoms with Gasteiger partial charge < -0.3 is 21.7 Å². The van der Waals surface area contributed by atoms with E-state index in [1.807, 2.05) is 37.3 Å². The largest absolute Gasteiger partial charge is 0.439 e. The number of fused-ring (bicyclic) bond motifs is 2. The number of benzene rings is 2. The molecule has 7 rings (SSSR count). The van der Waals surface area contributed by atoms with E-state index in [0.29, 0.717) is 12.2 Å². The van der Waals surface area contributed by atoms with Crippen LogP contribution in [-0.4, -0.2) is 31.9 Å². The fourth-order valence-electron chi connectivity index (χ4n) is 6.38. The summed E-state index contributed by atoms with van der Waals surface area (Å²) in [7, 11) is 0. The highest BCUT2D eigenvalue weighted by Crippen LogP contribution is 2.37. The first kappa shape index (κ1) is 28.8. The maximum Gasteiger partial charge on any atom is 0.439 e. The number of anilines is 2. The number of hydrogen-bond donors (Lipinski definition) is 5. The number of hydrogen-bond acceptors (Lipinski definition) is 11. The van der Waals surface area contributed by atoms with Gasteiger partial charge in [0.15, 0.2) is 5.82 Å².